The van der Waals surface area contributed by atoms with Crippen molar-refractivity contribution >= 4 is 0 Å². The molecule has 0 aromatic heterocycles. The van der Waals surface area contributed by atoms with Gasteiger partial charge in [-0.3, -0.25) is 0 Å². The van der Waals surface area contributed by atoms with Gasteiger partial charge in [-0.1, -0.05) is 38.8 Å². The third-order valence-corrected chi connectivity index (χ3v) is 2.30. The van der Waals surface area contributed by atoms with Crippen molar-refractivity contribution in [1.29, 1.82) is 0 Å². The molecule has 0 saturated carbocycles. The topological polar surface area (TPSA) is 0 Å². The number of rotatable bonds is 6. The Labute approximate surface area is 78.1 Å². The summed E-state index contributed by atoms with van der Waals surface area (Å²) in [5.74, 6) is 0.849. The van der Waals surface area contributed by atoms with Crippen LogP contribution in [0.2, 0.25) is 0 Å². The van der Waals surface area contributed by atoms with Gasteiger partial charge in [-0.05, 0) is 38.5 Å². The van der Waals surface area contributed by atoms with Crippen LogP contribution in [0.25, 0.3) is 0 Å². The Morgan fingerprint density at radius 1 is 1.25 bits per heavy atom. The lowest BCUT2D eigenvalue weighted by atomic mass is 9.99. The monoisotopic (exact) mass is 168 g/mol. The van der Waals surface area contributed by atoms with E-state index >= 15 is 0 Å². The van der Waals surface area contributed by atoms with Crippen molar-refractivity contribution in [1.82, 2.24) is 0 Å². The largest absolute Gasteiger partial charge is 0.0885 e. The third kappa shape index (κ3) is 6.45. The fourth-order valence-electron chi connectivity index (χ4n) is 1.29. The first-order valence-corrected chi connectivity index (χ1v) is 5.34. The second-order valence-corrected chi connectivity index (χ2v) is 3.98. The summed E-state index contributed by atoms with van der Waals surface area (Å²) >= 11 is 0. The SMILES string of the molecule is CC=C(CCCC)CCC(C)C. The van der Waals surface area contributed by atoms with E-state index in [1.165, 1.54) is 32.1 Å². The smallest absolute Gasteiger partial charge is 0.0318 e. The molecule has 0 atom stereocenters. The van der Waals surface area contributed by atoms with Crippen LogP contribution in [-0.4, -0.2) is 0 Å². The van der Waals surface area contributed by atoms with Gasteiger partial charge in [0, 0.05) is 0 Å². The highest BCUT2D eigenvalue weighted by Crippen LogP contribution is 2.16. The molecule has 0 rings (SSSR count). The van der Waals surface area contributed by atoms with E-state index in [1.807, 2.05) is 0 Å². The van der Waals surface area contributed by atoms with Crippen molar-refractivity contribution in [2.45, 2.75) is 59.8 Å². The van der Waals surface area contributed by atoms with Crippen LogP contribution in [0.4, 0.5) is 0 Å². The predicted octanol–water partition coefficient (Wildman–Crippen LogP) is 4.56. The van der Waals surface area contributed by atoms with E-state index in [0.29, 0.717) is 0 Å². The molecule has 0 N–H and O–H groups in total. The highest BCUT2D eigenvalue weighted by atomic mass is 14.0. The first-order chi connectivity index (χ1) is 5.70. The van der Waals surface area contributed by atoms with E-state index in [9.17, 15) is 0 Å². The molecule has 0 heterocycles. The second-order valence-electron chi connectivity index (χ2n) is 3.98. The highest BCUT2D eigenvalue weighted by Gasteiger charge is 1.98. The third-order valence-electron chi connectivity index (χ3n) is 2.30. The zero-order valence-corrected chi connectivity index (χ0v) is 9.19. The Bertz CT molecular complexity index is 120. The number of hydrogen-bond acceptors (Lipinski definition) is 0. The minimum atomic E-state index is 0.849. The summed E-state index contributed by atoms with van der Waals surface area (Å²) in [7, 11) is 0. The first-order valence-electron chi connectivity index (χ1n) is 5.34. The van der Waals surface area contributed by atoms with Crippen molar-refractivity contribution in [3.63, 3.8) is 0 Å². The Morgan fingerprint density at radius 2 is 1.92 bits per heavy atom. The predicted molar refractivity (Wildman–Crippen MR) is 57.4 cm³/mol. The first kappa shape index (κ1) is 11.7. The molecule has 0 aliphatic carbocycles. The summed E-state index contributed by atoms with van der Waals surface area (Å²) in [5.41, 5.74) is 1.66. The summed E-state index contributed by atoms with van der Waals surface area (Å²) in [6.45, 7) is 9.03. The Hall–Kier alpha value is -0.260. The van der Waals surface area contributed by atoms with E-state index in [2.05, 4.69) is 33.8 Å². The summed E-state index contributed by atoms with van der Waals surface area (Å²) in [6.07, 6.45) is 8.96. The zero-order chi connectivity index (χ0) is 9.40. The molecule has 12 heavy (non-hydrogen) atoms. The molecular formula is C12H24. The van der Waals surface area contributed by atoms with Crippen LogP contribution in [0.3, 0.4) is 0 Å². The van der Waals surface area contributed by atoms with E-state index in [-0.39, 0.29) is 0 Å². The van der Waals surface area contributed by atoms with Crippen molar-refractivity contribution in [2.24, 2.45) is 5.92 Å². The van der Waals surface area contributed by atoms with Gasteiger partial charge >= 0.3 is 0 Å². The molecule has 0 aliphatic rings. The fraction of sp³-hybridized carbons (Fsp3) is 0.833. The standard InChI is InChI=1S/C12H24/c1-5-7-8-12(6-2)10-9-11(3)4/h6,11H,5,7-10H2,1-4H3. The van der Waals surface area contributed by atoms with Gasteiger partial charge in [-0.25, -0.2) is 0 Å². The zero-order valence-electron chi connectivity index (χ0n) is 9.19. The van der Waals surface area contributed by atoms with Gasteiger partial charge in [0.25, 0.3) is 0 Å². The minimum Gasteiger partial charge on any atom is -0.0885 e. The van der Waals surface area contributed by atoms with Gasteiger partial charge in [0.1, 0.15) is 0 Å². The maximum absolute atomic E-state index is 2.30. The van der Waals surface area contributed by atoms with E-state index in [1.54, 1.807) is 5.57 Å². The lowest BCUT2D eigenvalue weighted by molar-refractivity contribution is 0.573. The number of unbranched alkanes of at least 4 members (excludes halogenated alkanes) is 1. The van der Waals surface area contributed by atoms with Crippen molar-refractivity contribution in [3.05, 3.63) is 11.6 Å². The van der Waals surface area contributed by atoms with Crippen LogP contribution >= 0.6 is 0 Å². The molecular weight excluding hydrogens is 144 g/mol. The average molecular weight is 168 g/mol. The molecule has 0 fully saturated rings. The molecule has 0 spiro atoms. The molecule has 0 aliphatic heterocycles. The Morgan fingerprint density at radius 3 is 2.33 bits per heavy atom. The summed E-state index contributed by atoms with van der Waals surface area (Å²) in [4.78, 5) is 0. The minimum absolute atomic E-state index is 0.849. The molecule has 0 unspecified atom stereocenters. The van der Waals surface area contributed by atoms with Crippen molar-refractivity contribution < 1.29 is 0 Å². The molecule has 0 nitrogen and oxygen atoms in total. The summed E-state index contributed by atoms with van der Waals surface area (Å²) < 4.78 is 0. The van der Waals surface area contributed by atoms with E-state index in [4.69, 9.17) is 0 Å². The normalized spacial score (nSPS) is 12.6. The maximum atomic E-state index is 2.30. The van der Waals surface area contributed by atoms with Gasteiger partial charge < -0.3 is 0 Å². The number of allylic oxidation sites excluding steroid dienone is 2. The van der Waals surface area contributed by atoms with Gasteiger partial charge in [-0.2, -0.15) is 0 Å². The van der Waals surface area contributed by atoms with Gasteiger partial charge in [-0.15, -0.1) is 0 Å². The molecule has 72 valence electrons. The molecule has 0 heteroatoms. The molecule has 0 saturated heterocycles. The highest BCUT2D eigenvalue weighted by molar-refractivity contribution is 4.99. The van der Waals surface area contributed by atoms with Crippen LogP contribution in [0, 0.1) is 5.92 Å². The van der Waals surface area contributed by atoms with Crippen LogP contribution in [0.1, 0.15) is 59.8 Å². The van der Waals surface area contributed by atoms with Gasteiger partial charge in [0.2, 0.25) is 0 Å². The van der Waals surface area contributed by atoms with Crippen LogP contribution in [0.15, 0.2) is 11.6 Å². The van der Waals surface area contributed by atoms with Crippen LogP contribution < -0.4 is 0 Å². The average Bonchev–Trinajstić information content (AvgIpc) is 2.05. The second kappa shape index (κ2) is 7.39. The molecule has 0 bridgehead atoms. The Balaban J connectivity index is 3.55. The quantitative estimate of drug-likeness (QED) is 0.510. The van der Waals surface area contributed by atoms with Gasteiger partial charge in [0.05, 0.1) is 0 Å². The van der Waals surface area contributed by atoms with Crippen molar-refractivity contribution in [3.8, 4) is 0 Å². The fourth-order valence-corrected chi connectivity index (χ4v) is 1.29. The number of hydrogen-bond donors (Lipinski definition) is 0. The Kier molecular flexibility index (Phi) is 7.23. The lowest BCUT2D eigenvalue weighted by Gasteiger charge is -2.07. The summed E-state index contributed by atoms with van der Waals surface area (Å²) in [5, 5.41) is 0. The lowest BCUT2D eigenvalue weighted by Crippen LogP contribution is -1.90. The molecule has 0 amide bonds. The van der Waals surface area contributed by atoms with Crippen LogP contribution in [0.5, 0.6) is 0 Å². The maximum Gasteiger partial charge on any atom is -0.0318 e. The van der Waals surface area contributed by atoms with Gasteiger partial charge in [0.15, 0.2) is 0 Å². The summed E-state index contributed by atoms with van der Waals surface area (Å²) in [6, 6.07) is 0. The van der Waals surface area contributed by atoms with E-state index in [0.717, 1.165) is 5.92 Å². The van der Waals surface area contributed by atoms with Crippen LogP contribution in [-0.2, 0) is 0 Å². The molecule has 0 aromatic carbocycles. The van der Waals surface area contributed by atoms with E-state index < -0.39 is 0 Å². The van der Waals surface area contributed by atoms with Crippen molar-refractivity contribution in [2.75, 3.05) is 0 Å². The molecule has 0 aromatic rings. The molecule has 0 radical (unpaired) electrons.